The van der Waals surface area contributed by atoms with Crippen molar-refractivity contribution in [3.63, 3.8) is 0 Å². The fourth-order valence-corrected chi connectivity index (χ4v) is 2.36. The molecular formula is C16H18BrNO. The summed E-state index contributed by atoms with van der Waals surface area (Å²) in [7, 11) is 0. The Kier molecular flexibility index (Phi) is 5.58. The number of halogens is 1. The molecule has 100 valence electrons. The Hall–Kier alpha value is -1.16. The first-order valence-corrected chi connectivity index (χ1v) is 7.23. The van der Waals surface area contributed by atoms with Gasteiger partial charge in [0.15, 0.2) is 0 Å². The number of nitrogens with one attached hydrogen (secondary N) is 1. The zero-order valence-electron chi connectivity index (χ0n) is 10.7. The van der Waals surface area contributed by atoms with Gasteiger partial charge in [0.05, 0.1) is 6.10 Å². The topological polar surface area (TPSA) is 32.3 Å². The molecule has 3 heteroatoms. The summed E-state index contributed by atoms with van der Waals surface area (Å²) in [6, 6.07) is 18.1. The van der Waals surface area contributed by atoms with Crippen LogP contribution >= 0.6 is 15.9 Å². The molecule has 1 atom stereocenters. The zero-order chi connectivity index (χ0) is 13.5. The molecule has 0 aliphatic rings. The van der Waals surface area contributed by atoms with E-state index < -0.39 is 6.10 Å². The molecule has 1 unspecified atom stereocenters. The molecule has 0 bridgehead atoms. The fraction of sp³-hybridized carbons (Fsp3) is 0.250. The Labute approximate surface area is 122 Å². The van der Waals surface area contributed by atoms with Gasteiger partial charge < -0.3 is 10.4 Å². The van der Waals surface area contributed by atoms with Crippen LogP contribution in [-0.2, 0) is 6.42 Å². The SMILES string of the molecule is OC(CNCCc1ccccc1)c1cccc(Br)c1. The number of aliphatic hydroxyl groups excluding tert-OH is 1. The molecule has 0 aliphatic heterocycles. The van der Waals surface area contributed by atoms with Gasteiger partial charge in [0.1, 0.15) is 0 Å². The first kappa shape index (κ1) is 14.3. The van der Waals surface area contributed by atoms with Gasteiger partial charge in [-0.3, -0.25) is 0 Å². The first-order valence-electron chi connectivity index (χ1n) is 6.44. The van der Waals surface area contributed by atoms with Crippen LogP contribution in [0, 0.1) is 0 Å². The highest BCUT2D eigenvalue weighted by molar-refractivity contribution is 9.10. The maximum absolute atomic E-state index is 10.1. The van der Waals surface area contributed by atoms with Gasteiger partial charge in [-0.05, 0) is 36.2 Å². The van der Waals surface area contributed by atoms with Crippen molar-refractivity contribution in [2.45, 2.75) is 12.5 Å². The van der Waals surface area contributed by atoms with E-state index in [-0.39, 0.29) is 0 Å². The van der Waals surface area contributed by atoms with Gasteiger partial charge in [-0.15, -0.1) is 0 Å². The molecule has 2 aromatic carbocycles. The molecule has 0 fully saturated rings. The standard InChI is InChI=1S/C16H18BrNO/c17-15-8-4-7-14(11-15)16(19)12-18-10-9-13-5-2-1-3-6-13/h1-8,11,16,18-19H,9-10,12H2. The van der Waals surface area contributed by atoms with Crippen LogP contribution in [0.1, 0.15) is 17.2 Å². The number of aliphatic hydroxyl groups is 1. The minimum Gasteiger partial charge on any atom is -0.387 e. The van der Waals surface area contributed by atoms with Gasteiger partial charge in [0.25, 0.3) is 0 Å². The Bertz CT molecular complexity index is 501. The second-order valence-corrected chi connectivity index (χ2v) is 5.43. The van der Waals surface area contributed by atoms with E-state index in [1.165, 1.54) is 5.56 Å². The highest BCUT2D eigenvalue weighted by Crippen LogP contribution is 2.17. The molecule has 0 aliphatic carbocycles. The van der Waals surface area contributed by atoms with E-state index in [9.17, 15) is 5.11 Å². The van der Waals surface area contributed by atoms with Crippen molar-refractivity contribution in [2.24, 2.45) is 0 Å². The number of rotatable bonds is 6. The van der Waals surface area contributed by atoms with Crippen molar-refractivity contribution < 1.29 is 5.11 Å². The quantitative estimate of drug-likeness (QED) is 0.801. The summed E-state index contributed by atoms with van der Waals surface area (Å²) in [6.07, 6.45) is 0.514. The monoisotopic (exact) mass is 319 g/mol. The average molecular weight is 320 g/mol. The van der Waals surface area contributed by atoms with Crippen LogP contribution in [0.2, 0.25) is 0 Å². The third-order valence-electron chi connectivity index (χ3n) is 3.00. The molecule has 19 heavy (non-hydrogen) atoms. The van der Waals surface area contributed by atoms with Crippen LogP contribution in [0.5, 0.6) is 0 Å². The molecule has 2 N–H and O–H groups in total. The maximum Gasteiger partial charge on any atom is 0.0914 e. The van der Waals surface area contributed by atoms with Crippen LogP contribution in [0.15, 0.2) is 59.1 Å². The summed E-state index contributed by atoms with van der Waals surface area (Å²) in [5.41, 5.74) is 2.24. The Morgan fingerprint density at radius 2 is 1.84 bits per heavy atom. The lowest BCUT2D eigenvalue weighted by Crippen LogP contribution is -2.23. The van der Waals surface area contributed by atoms with E-state index in [2.05, 4.69) is 33.4 Å². The average Bonchev–Trinajstić information content (AvgIpc) is 2.44. The molecule has 0 amide bonds. The van der Waals surface area contributed by atoms with Crippen LogP contribution < -0.4 is 5.32 Å². The van der Waals surface area contributed by atoms with Crippen LogP contribution in [0.3, 0.4) is 0 Å². The molecular weight excluding hydrogens is 302 g/mol. The van der Waals surface area contributed by atoms with Gasteiger partial charge >= 0.3 is 0 Å². The third kappa shape index (κ3) is 4.78. The van der Waals surface area contributed by atoms with E-state index in [0.29, 0.717) is 6.54 Å². The van der Waals surface area contributed by atoms with Crippen LogP contribution in [-0.4, -0.2) is 18.2 Å². The zero-order valence-corrected chi connectivity index (χ0v) is 12.3. The molecule has 2 aromatic rings. The predicted molar refractivity (Wildman–Crippen MR) is 82.1 cm³/mol. The number of hydrogen-bond donors (Lipinski definition) is 2. The molecule has 0 radical (unpaired) electrons. The molecule has 2 nitrogen and oxygen atoms in total. The van der Waals surface area contributed by atoms with Gasteiger partial charge in [-0.25, -0.2) is 0 Å². The molecule has 0 saturated heterocycles. The Balaban J connectivity index is 1.74. The lowest BCUT2D eigenvalue weighted by atomic mass is 10.1. The second kappa shape index (κ2) is 7.43. The normalized spacial score (nSPS) is 12.3. The van der Waals surface area contributed by atoms with Gasteiger partial charge in [0, 0.05) is 11.0 Å². The summed E-state index contributed by atoms with van der Waals surface area (Å²) >= 11 is 3.41. The molecule has 0 aromatic heterocycles. The molecule has 0 heterocycles. The van der Waals surface area contributed by atoms with Crippen molar-refractivity contribution in [3.8, 4) is 0 Å². The Morgan fingerprint density at radius 1 is 1.05 bits per heavy atom. The van der Waals surface area contributed by atoms with E-state index >= 15 is 0 Å². The summed E-state index contributed by atoms with van der Waals surface area (Å²) in [5, 5.41) is 13.3. The largest absolute Gasteiger partial charge is 0.387 e. The van der Waals surface area contributed by atoms with Crippen molar-refractivity contribution in [1.29, 1.82) is 0 Å². The summed E-state index contributed by atoms with van der Waals surface area (Å²) in [5.74, 6) is 0. The summed E-state index contributed by atoms with van der Waals surface area (Å²) in [6.45, 7) is 1.44. The van der Waals surface area contributed by atoms with E-state index in [4.69, 9.17) is 0 Å². The van der Waals surface area contributed by atoms with E-state index in [0.717, 1.165) is 23.0 Å². The van der Waals surface area contributed by atoms with Crippen LogP contribution in [0.25, 0.3) is 0 Å². The smallest absolute Gasteiger partial charge is 0.0914 e. The van der Waals surface area contributed by atoms with Gasteiger partial charge in [0.2, 0.25) is 0 Å². The van der Waals surface area contributed by atoms with Gasteiger partial charge in [-0.1, -0.05) is 58.4 Å². The molecule has 2 rings (SSSR count). The fourth-order valence-electron chi connectivity index (χ4n) is 1.95. The van der Waals surface area contributed by atoms with Crippen molar-refractivity contribution in [1.82, 2.24) is 5.32 Å². The highest BCUT2D eigenvalue weighted by Gasteiger charge is 2.06. The summed E-state index contributed by atoms with van der Waals surface area (Å²) in [4.78, 5) is 0. The lowest BCUT2D eigenvalue weighted by Gasteiger charge is -2.12. The number of hydrogen-bond acceptors (Lipinski definition) is 2. The van der Waals surface area contributed by atoms with Crippen molar-refractivity contribution >= 4 is 15.9 Å². The van der Waals surface area contributed by atoms with Gasteiger partial charge in [-0.2, -0.15) is 0 Å². The van der Waals surface area contributed by atoms with E-state index in [1.54, 1.807) is 0 Å². The Morgan fingerprint density at radius 3 is 2.58 bits per heavy atom. The first-order chi connectivity index (χ1) is 9.25. The van der Waals surface area contributed by atoms with Crippen LogP contribution in [0.4, 0.5) is 0 Å². The lowest BCUT2D eigenvalue weighted by molar-refractivity contribution is 0.175. The highest BCUT2D eigenvalue weighted by atomic mass is 79.9. The second-order valence-electron chi connectivity index (χ2n) is 4.51. The molecule has 0 saturated carbocycles. The minimum absolute atomic E-state index is 0.465. The third-order valence-corrected chi connectivity index (χ3v) is 3.50. The maximum atomic E-state index is 10.1. The van der Waals surface area contributed by atoms with Crippen molar-refractivity contribution in [3.05, 3.63) is 70.2 Å². The number of benzene rings is 2. The summed E-state index contributed by atoms with van der Waals surface area (Å²) < 4.78 is 0.994. The predicted octanol–water partition coefficient (Wildman–Crippen LogP) is 3.31. The minimum atomic E-state index is -0.465. The van der Waals surface area contributed by atoms with E-state index in [1.807, 2.05) is 42.5 Å². The molecule has 0 spiro atoms. The van der Waals surface area contributed by atoms with Crippen molar-refractivity contribution in [2.75, 3.05) is 13.1 Å².